The van der Waals surface area contributed by atoms with E-state index in [1.165, 1.54) is 54.1 Å². The molecule has 4 rings (SSSR count). The number of rotatable bonds is 2. The second-order valence-corrected chi connectivity index (χ2v) is 7.93. The van der Waals surface area contributed by atoms with Crippen molar-refractivity contribution in [3.8, 4) is 16.9 Å². The van der Waals surface area contributed by atoms with Gasteiger partial charge in [0.25, 0.3) is 0 Å². The van der Waals surface area contributed by atoms with Crippen LogP contribution in [0.4, 0.5) is 0 Å². The van der Waals surface area contributed by atoms with E-state index in [1.54, 1.807) is 0 Å². The van der Waals surface area contributed by atoms with Crippen molar-refractivity contribution in [3.05, 3.63) is 48.0 Å². The molecular weight excluding hydrogens is 287 g/mol. The maximum atomic E-state index is 6.36. The van der Waals surface area contributed by atoms with Crippen LogP contribution in [0.3, 0.4) is 0 Å². The molecule has 0 N–H and O–H groups in total. The molecule has 114 valence electrons. The third kappa shape index (κ3) is 2.57. The van der Waals surface area contributed by atoms with Gasteiger partial charge in [0.05, 0.1) is 0 Å². The Morgan fingerprint density at radius 3 is 2.50 bits per heavy atom. The van der Waals surface area contributed by atoms with Gasteiger partial charge in [-0.25, -0.2) is 0 Å². The summed E-state index contributed by atoms with van der Waals surface area (Å²) in [4.78, 5) is 0. The van der Waals surface area contributed by atoms with E-state index in [2.05, 4.69) is 49.4 Å². The first-order chi connectivity index (χ1) is 10.8. The van der Waals surface area contributed by atoms with Gasteiger partial charge in [-0.3, -0.25) is 0 Å². The molecule has 1 saturated carbocycles. The first kappa shape index (κ1) is 14.3. The Labute approximate surface area is 134 Å². The van der Waals surface area contributed by atoms with Crippen molar-refractivity contribution in [1.82, 2.24) is 0 Å². The lowest BCUT2D eigenvalue weighted by atomic mass is 9.90. The Balaban J connectivity index is 1.66. The minimum atomic E-state index is 0.431. The van der Waals surface area contributed by atoms with Crippen LogP contribution >= 0.6 is 8.58 Å². The number of ether oxygens (including phenoxy) is 1. The zero-order valence-corrected chi connectivity index (χ0v) is 14.1. The van der Waals surface area contributed by atoms with Crippen molar-refractivity contribution in [2.75, 3.05) is 0 Å². The molecule has 2 aromatic rings. The molecule has 2 atom stereocenters. The van der Waals surface area contributed by atoms with Gasteiger partial charge in [0.15, 0.2) is 0 Å². The first-order valence-electron chi connectivity index (χ1n) is 8.45. The van der Waals surface area contributed by atoms with Crippen molar-refractivity contribution >= 4 is 13.9 Å². The van der Waals surface area contributed by atoms with Crippen LogP contribution in [0.15, 0.2) is 42.5 Å². The fourth-order valence-electron chi connectivity index (χ4n) is 3.84. The van der Waals surface area contributed by atoms with E-state index in [0.29, 0.717) is 5.85 Å². The molecule has 1 heterocycles. The Morgan fingerprint density at radius 2 is 1.68 bits per heavy atom. The first-order valence-corrected chi connectivity index (χ1v) is 9.53. The average molecular weight is 310 g/mol. The fourth-order valence-corrected chi connectivity index (χ4v) is 5.53. The van der Waals surface area contributed by atoms with Gasteiger partial charge < -0.3 is 4.74 Å². The van der Waals surface area contributed by atoms with Crippen molar-refractivity contribution in [2.45, 2.75) is 44.9 Å². The van der Waals surface area contributed by atoms with Crippen LogP contribution in [0.2, 0.25) is 0 Å². The molecule has 2 aromatic carbocycles. The highest BCUT2D eigenvalue weighted by atomic mass is 31.1. The van der Waals surface area contributed by atoms with E-state index in [4.69, 9.17) is 4.74 Å². The lowest BCUT2D eigenvalue weighted by Crippen LogP contribution is -2.22. The molecule has 0 bridgehead atoms. The molecular formula is C20H23OP. The van der Waals surface area contributed by atoms with Crippen molar-refractivity contribution in [3.63, 3.8) is 0 Å². The summed E-state index contributed by atoms with van der Waals surface area (Å²) in [5, 5.41) is 1.45. The summed E-state index contributed by atoms with van der Waals surface area (Å²) in [5.41, 5.74) is 4.09. The normalized spacial score (nSPS) is 22.5. The number of hydrogen-bond donors (Lipinski definition) is 0. The number of benzene rings is 2. The van der Waals surface area contributed by atoms with Crippen molar-refractivity contribution < 1.29 is 4.74 Å². The lowest BCUT2D eigenvalue weighted by molar-refractivity contribution is 0.184. The number of fused-ring (bicyclic) bond motifs is 1. The second kappa shape index (κ2) is 6.05. The summed E-state index contributed by atoms with van der Waals surface area (Å²) >= 11 is 0. The van der Waals surface area contributed by atoms with Crippen LogP contribution in [-0.4, -0.2) is 5.85 Å². The van der Waals surface area contributed by atoms with Gasteiger partial charge in [-0.1, -0.05) is 55.7 Å². The van der Waals surface area contributed by atoms with Crippen LogP contribution < -0.4 is 10.0 Å². The molecule has 1 nitrogen and oxygen atoms in total. The van der Waals surface area contributed by atoms with E-state index >= 15 is 0 Å². The van der Waals surface area contributed by atoms with Gasteiger partial charge in [0.1, 0.15) is 11.6 Å². The maximum Gasteiger partial charge on any atom is 0.128 e. The topological polar surface area (TPSA) is 9.23 Å². The Bertz CT molecular complexity index is 673. The highest BCUT2D eigenvalue weighted by Crippen LogP contribution is 2.45. The van der Waals surface area contributed by atoms with Crippen LogP contribution in [0, 0.1) is 12.8 Å². The Morgan fingerprint density at radius 1 is 0.909 bits per heavy atom. The standard InChI is InChI=1S/C20H23OP/c1-14-8-5-6-11-16(14)17-12-7-13-18-19(17)22-20(21-18)15-9-3-2-4-10-15/h5-8,11-13,15,20,22H,2-4,9-10H2,1H3. The van der Waals surface area contributed by atoms with E-state index < -0.39 is 0 Å². The van der Waals surface area contributed by atoms with Gasteiger partial charge >= 0.3 is 0 Å². The summed E-state index contributed by atoms with van der Waals surface area (Å²) < 4.78 is 6.36. The van der Waals surface area contributed by atoms with Crippen LogP contribution in [0.1, 0.15) is 37.7 Å². The SMILES string of the molecule is Cc1ccccc1-c1cccc2c1PC(C1CCCCC1)O2. The van der Waals surface area contributed by atoms with E-state index in [0.717, 1.165) is 20.2 Å². The molecule has 1 aliphatic carbocycles. The third-order valence-corrected chi connectivity index (χ3v) is 6.76. The molecule has 0 amide bonds. The molecule has 0 saturated heterocycles. The molecule has 2 aliphatic rings. The molecule has 0 spiro atoms. The average Bonchev–Trinajstić information content (AvgIpc) is 3.00. The summed E-state index contributed by atoms with van der Waals surface area (Å²) in [6, 6.07) is 15.3. The molecule has 1 aliphatic heterocycles. The zero-order chi connectivity index (χ0) is 14.9. The van der Waals surface area contributed by atoms with Crippen molar-refractivity contribution in [2.24, 2.45) is 5.92 Å². The molecule has 22 heavy (non-hydrogen) atoms. The Kier molecular flexibility index (Phi) is 3.92. The van der Waals surface area contributed by atoms with Crippen LogP contribution in [-0.2, 0) is 0 Å². The smallest absolute Gasteiger partial charge is 0.128 e. The molecule has 2 heteroatoms. The van der Waals surface area contributed by atoms with E-state index in [1.807, 2.05) is 0 Å². The monoisotopic (exact) mass is 310 g/mol. The quantitative estimate of drug-likeness (QED) is 0.687. The third-order valence-electron chi connectivity index (χ3n) is 5.08. The van der Waals surface area contributed by atoms with E-state index in [9.17, 15) is 0 Å². The molecule has 2 unspecified atom stereocenters. The zero-order valence-electron chi connectivity index (χ0n) is 13.1. The van der Waals surface area contributed by atoms with E-state index in [-0.39, 0.29) is 0 Å². The van der Waals surface area contributed by atoms with Gasteiger partial charge in [0, 0.05) is 5.30 Å². The van der Waals surface area contributed by atoms with Gasteiger partial charge in [-0.05, 0) is 57.0 Å². The summed E-state index contributed by atoms with van der Waals surface area (Å²) in [5.74, 6) is 2.33. The fraction of sp³-hybridized carbons (Fsp3) is 0.400. The number of aryl methyl sites for hydroxylation is 1. The summed E-state index contributed by atoms with van der Waals surface area (Å²) in [6.45, 7) is 2.20. The van der Waals surface area contributed by atoms with Crippen LogP contribution in [0.25, 0.3) is 11.1 Å². The highest BCUT2D eigenvalue weighted by molar-refractivity contribution is 7.49. The predicted molar refractivity (Wildman–Crippen MR) is 95.6 cm³/mol. The molecule has 1 fully saturated rings. The second-order valence-electron chi connectivity index (χ2n) is 6.57. The van der Waals surface area contributed by atoms with Crippen LogP contribution in [0.5, 0.6) is 5.75 Å². The Hall–Kier alpha value is -1.33. The van der Waals surface area contributed by atoms with Crippen molar-refractivity contribution in [1.29, 1.82) is 0 Å². The highest BCUT2D eigenvalue weighted by Gasteiger charge is 2.32. The van der Waals surface area contributed by atoms with Gasteiger partial charge in [-0.2, -0.15) is 0 Å². The molecule has 0 radical (unpaired) electrons. The summed E-state index contributed by atoms with van der Waals surface area (Å²) in [6.07, 6.45) is 6.89. The van der Waals surface area contributed by atoms with Gasteiger partial charge in [-0.15, -0.1) is 0 Å². The number of hydrogen-bond acceptors (Lipinski definition) is 1. The molecule has 0 aromatic heterocycles. The predicted octanol–water partition coefficient (Wildman–Crippen LogP) is 5.26. The van der Waals surface area contributed by atoms with Gasteiger partial charge in [0.2, 0.25) is 0 Å². The minimum absolute atomic E-state index is 0.431. The lowest BCUT2D eigenvalue weighted by Gasteiger charge is -2.26. The minimum Gasteiger partial charge on any atom is -0.485 e. The maximum absolute atomic E-state index is 6.36. The summed E-state index contributed by atoms with van der Waals surface area (Å²) in [7, 11) is 0.800. The largest absolute Gasteiger partial charge is 0.485 e.